The second-order valence-electron chi connectivity index (χ2n) is 14.6. The van der Waals surface area contributed by atoms with Crippen LogP contribution in [0.15, 0.2) is 11.6 Å². The van der Waals surface area contributed by atoms with E-state index in [2.05, 4.69) is 61.5 Å². The monoisotopic (exact) mass is 498 g/mol. The first-order valence-electron chi connectivity index (χ1n) is 14.5. The first-order chi connectivity index (χ1) is 16.6. The Bertz CT molecular complexity index is 957. The molecule has 4 fully saturated rings. The molecular formula is C32H50O4. The van der Waals surface area contributed by atoms with Crippen molar-refractivity contribution in [3.8, 4) is 0 Å². The van der Waals surface area contributed by atoms with E-state index in [1.807, 2.05) is 0 Å². The van der Waals surface area contributed by atoms with Crippen molar-refractivity contribution in [2.75, 3.05) is 0 Å². The van der Waals surface area contributed by atoms with Gasteiger partial charge in [0, 0.05) is 37.0 Å². The van der Waals surface area contributed by atoms with Crippen LogP contribution < -0.4 is 0 Å². The van der Waals surface area contributed by atoms with E-state index in [0.29, 0.717) is 36.2 Å². The lowest BCUT2D eigenvalue weighted by Crippen LogP contribution is -2.67. The Morgan fingerprint density at radius 3 is 2.25 bits per heavy atom. The highest BCUT2D eigenvalue weighted by molar-refractivity contribution is 5.95. The number of ether oxygens (including phenoxy) is 1. The zero-order valence-corrected chi connectivity index (χ0v) is 24.3. The van der Waals surface area contributed by atoms with Crippen LogP contribution in [0, 0.1) is 51.2 Å². The molecule has 4 saturated carbocycles. The minimum Gasteiger partial charge on any atom is -0.462 e. The van der Waals surface area contributed by atoms with Gasteiger partial charge in [0.1, 0.15) is 17.7 Å². The highest BCUT2D eigenvalue weighted by atomic mass is 16.5. The Morgan fingerprint density at radius 1 is 0.972 bits per heavy atom. The fourth-order valence-corrected chi connectivity index (χ4v) is 10.1. The third-order valence-corrected chi connectivity index (χ3v) is 12.1. The van der Waals surface area contributed by atoms with Crippen LogP contribution >= 0.6 is 0 Å². The molecule has 36 heavy (non-hydrogen) atoms. The topological polar surface area (TPSA) is 60.4 Å². The molecule has 4 heteroatoms. The van der Waals surface area contributed by atoms with Crippen molar-refractivity contribution in [1.82, 2.24) is 0 Å². The van der Waals surface area contributed by atoms with Crippen LogP contribution in [-0.2, 0) is 19.1 Å². The number of Topliss-reactive ketones (excluding diaryl/α,β-unsaturated/α-hetero) is 2. The summed E-state index contributed by atoms with van der Waals surface area (Å²) in [6.45, 7) is 19.4. The summed E-state index contributed by atoms with van der Waals surface area (Å²) in [4.78, 5) is 40.2. The van der Waals surface area contributed by atoms with Crippen LogP contribution in [0.4, 0.5) is 0 Å². The normalized spacial score (nSPS) is 44.2. The molecule has 0 radical (unpaired) electrons. The van der Waals surface area contributed by atoms with Crippen molar-refractivity contribution in [3.05, 3.63) is 11.6 Å². The molecular weight excluding hydrogens is 448 g/mol. The molecule has 0 aromatic carbocycles. The Balaban J connectivity index is 1.67. The van der Waals surface area contributed by atoms with Crippen molar-refractivity contribution in [1.29, 1.82) is 0 Å². The van der Waals surface area contributed by atoms with E-state index >= 15 is 0 Å². The number of ketones is 2. The molecule has 9 unspecified atom stereocenters. The Morgan fingerprint density at radius 2 is 1.64 bits per heavy atom. The van der Waals surface area contributed by atoms with E-state index in [1.54, 1.807) is 0 Å². The van der Waals surface area contributed by atoms with Crippen molar-refractivity contribution in [2.45, 2.75) is 120 Å². The number of hydrogen-bond donors (Lipinski definition) is 0. The summed E-state index contributed by atoms with van der Waals surface area (Å²) < 4.78 is 5.75. The molecule has 0 aromatic rings. The largest absolute Gasteiger partial charge is 0.462 e. The Hall–Kier alpha value is -1.45. The van der Waals surface area contributed by atoms with Gasteiger partial charge in [0.2, 0.25) is 0 Å². The molecule has 0 saturated heterocycles. The number of allylic oxidation sites excluding steroid dienone is 2. The number of hydrogen-bond acceptors (Lipinski definition) is 4. The molecule has 0 aliphatic heterocycles. The minimum atomic E-state index is -0.334. The molecule has 0 bridgehead atoms. The van der Waals surface area contributed by atoms with E-state index in [9.17, 15) is 14.4 Å². The lowest BCUT2D eigenvalue weighted by Gasteiger charge is -2.65. The smallest absolute Gasteiger partial charge is 0.302 e. The van der Waals surface area contributed by atoms with E-state index in [1.165, 1.54) is 12.5 Å². The summed E-state index contributed by atoms with van der Waals surface area (Å²) in [6, 6.07) is 0. The van der Waals surface area contributed by atoms with Gasteiger partial charge in [0.15, 0.2) is 0 Å². The first kappa shape index (κ1) is 27.6. The van der Waals surface area contributed by atoms with Gasteiger partial charge in [-0.1, -0.05) is 53.2 Å². The summed E-state index contributed by atoms with van der Waals surface area (Å²) in [7, 11) is 0. The number of esters is 1. The molecule has 202 valence electrons. The molecule has 4 aliphatic carbocycles. The van der Waals surface area contributed by atoms with Crippen LogP contribution in [0.5, 0.6) is 0 Å². The van der Waals surface area contributed by atoms with Gasteiger partial charge in [-0.15, -0.1) is 0 Å². The predicted molar refractivity (Wildman–Crippen MR) is 143 cm³/mol. The average Bonchev–Trinajstić information content (AvgIpc) is 3.02. The number of carbonyl (C=O) groups excluding carboxylic acids is 3. The maximum atomic E-state index is 14.2. The van der Waals surface area contributed by atoms with E-state index < -0.39 is 0 Å². The molecule has 0 spiro atoms. The van der Waals surface area contributed by atoms with Crippen molar-refractivity contribution < 1.29 is 19.1 Å². The highest BCUT2D eigenvalue weighted by Crippen LogP contribution is 2.73. The summed E-state index contributed by atoms with van der Waals surface area (Å²) >= 11 is 0. The van der Waals surface area contributed by atoms with E-state index in [0.717, 1.165) is 38.5 Å². The van der Waals surface area contributed by atoms with Gasteiger partial charge in [-0.2, -0.15) is 0 Å². The number of fused-ring (bicyclic) bond motifs is 5. The van der Waals surface area contributed by atoms with Gasteiger partial charge in [-0.05, 0) is 86.4 Å². The van der Waals surface area contributed by atoms with Gasteiger partial charge < -0.3 is 4.74 Å². The molecule has 4 nitrogen and oxygen atoms in total. The molecule has 0 amide bonds. The molecule has 0 N–H and O–H groups in total. The molecule has 4 aliphatic rings. The molecule has 4 rings (SSSR count). The van der Waals surface area contributed by atoms with Crippen molar-refractivity contribution in [2.24, 2.45) is 51.2 Å². The maximum absolute atomic E-state index is 14.2. The van der Waals surface area contributed by atoms with Crippen LogP contribution in [-0.4, -0.2) is 23.6 Å². The Labute approximate surface area is 219 Å². The summed E-state index contributed by atoms with van der Waals surface area (Å²) in [5, 5.41) is 0. The van der Waals surface area contributed by atoms with Crippen LogP contribution in [0.3, 0.4) is 0 Å². The number of carbonyl (C=O) groups is 3. The van der Waals surface area contributed by atoms with Crippen LogP contribution in [0.1, 0.15) is 114 Å². The summed E-state index contributed by atoms with van der Waals surface area (Å²) in [6.07, 6.45) is 9.23. The average molecular weight is 499 g/mol. The molecule has 9 atom stereocenters. The van der Waals surface area contributed by atoms with Gasteiger partial charge in [-0.25, -0.2) is 0 Å². The van der Waals surface area contributed by atoms with Crippen LogP contribution in [0.2, 0.25) is 0 Å². The van der Waals surface area contributed by atoms with E-state index in [-0.39, 0.29) is 51.5 Å². The third kappa shape index (κ3) is 3.95. The van der Waals surface area contributed by atoms with Crippen molar-refractivity contribution >= 4 is 17.5 Å². The van der Waals surface area contributed by atoms with Gasteiger partial charge >= 0.3 is 5.97 Å². The summed E-state index contributed by atoms with van der Waals surface area (Å²) in [5.74, 6) is 1.03. The highest BCUT2D eigenvalue weighted by Gasteiger charge is 2.72. The minimum absolute atomic E-state index is 0.0500. The second-order valence-corrected chi connectivity index (χ2v) is 14.6. The predicted octanol–water partition coefficient (Wildman–Crippen LogP) is 7.34. The quantitative estimate of drug-likeness (QED) is 0.294. The van der Waals surface area contributed by atoms with Gasteiger partial charge in [-0.3, -0.25) is 14.4 Å². The SMILES string of the molecule is CC(=O)OC1CCC2(C)C3C(=O)CC4(C)C(C(C)CCC=C(C)C)CCC4(C)C3C(=O)CC2C1(C)C. The van der Waals surface area contributed by atoms with Gasteiger partial charge in [0.05, 0.1) is 0 Å². The molecule has 0 aromatic heterocycles. The van der Waals surface area contributed by atoms with Crippen molar-refractivity contribution in [3.63, 3.8) is 0 Å². The first-order valence-corrected chi connectivity index (χ1v) is 14.5. The second kappa shape index (κ2) is 9.09. The summed E-state index contributed by atoms with van der Waals surface area (Å²) in [5.41, 5.74) is 0.538. The van der Waals surface area contributed by atoms with Gasteiger partial charge in [0.25, 0.3) is 0 Å². The fourth-order valence-electron chi connectivity index (χ4n) is 10.1. The Kier molecular flexibility index (Phi) is 6.96. The maximum Gasteiger partial charge on any atom is 0.302 e. The lowest BCUT2D eigenvalue weighted by molar-refractivity contribution is -0.206. The molecule has 0 heterocycles. The zero-order valence-electron chi connectivity index (χ0n) is 24.3. The van der Waals surface area contributed by atoms with E-state index in [4.69, 9.17) is 4.74 Å². The fraction of sp³-hybridized carbons (Fsp3) is 0.844. The van der Waals surface area contributed by atoms with Crippen LogP contribution in [0.25, 0.3) is 0 Å². The number of rotatable bonds is 5. The lowest BCUT2D eigenvalue weighted by atomic mass is 9.37. The standard InChI is InChI=1S/C32H50O4/c1-19(2)11-10-12-20(3)22-13-16-31(8)28-23(34)17-25-29(5,6)26(36-21(4)33)14-15-30(25,7)27(28)24(35)18-32(22,31)9/h11,20,22,25-28H,10,12-18H2,1-9H3. The zero-order chi connectivity index (χ0) is 26.8. The third-order valence-electron chi connectivity index (χ3n) is 12.1.